The number of hydrogen-bond donors (Lipinski definition) is 2. The highest BCUT2D eigenvalue weighted by Gasteiger charge is 2.11. The van der Waals surface area contributed by atoms with Crippen LogP contribution < -0.4 is 5.73 Å². The van der Waals surface area contributed by atoms with Gasteiger partial charge in [0.15, 0.2) is 0 Å². The van der Waals surface area contributed by atoms with E-state index in [-0.39, 0.29) is 0 Å². The van der Waals surface area contributed by atoms with E-state index in [9.17, 15) is 5.11 Å². The van der Waals surface area contributed by atoms with Crippen molar-refractivity contribution in [3.05, 3.63) is 35.0 Å². The second kappa shape index (κ2) is 7.65. The molecule has 3 N–H and O–H groups in total. The van der Waals surface area contributed by atoms with Gasteiger partial charge in [0.05, 0.1) is 23.4 Å². The minimum Gasteiger partial charge on any atom is -0.393 e. The summed E-state index contributed by atoms with van der Waals surface area (Å²) >= 11 is 3.12. The largest absolute Gasteiger partial charge is 0.393 e. The van der Waals surface area contributed by atoms with Crippen molar-refractivity contribution in [3.8, 4) is 0 Å². The van der Waals surface area contributed by atoms with E-state index in [0.29, 0.717) is 17.8 Å². The van der Waals surface area contributed by atoms with Crippen molar-refractivity contribution in [2.24, 2.45) is 5.73 Å². The lowest BCUT2D eigenvalue weighted by Crippen LogP contribution is -2.26. The van der Waals surface area contributed by atoms with Gasteiger partial charge in [-0.15, -0.1) is 0 Å². The maximum absolute atomic E-state index is 9.40. The fraction of sp³-hybridized carbons (Fsp3) is 0.500. The van der Waals surface area contributed by atoms with Crippen LogP contribution in [0.1, 0.15) is 20.3 Å². The molecule has 0 radical (unpaired) electrons. The van der Waals surface area contributed by atoms with E-state index >= 15 is 0 Å². The Kier molecular flexibility index (Phi) is 7.38. The van der Waals surface area contributed by atoms with Gasteiger partial charge < -0.3 is 15.6 Å². The van der Waals surface area contributed by atoms with Crippen molar-refractivity contribution in [2.75, 3.05) is 13.2 Å². The van der Waals surface area contributed by atoms with Crippen LogP contribution in [0, 0.1) is 0 Å². The quantitative estimate of drug-likeness (QED) is 0.430. The summed E-state index contributed by atoms with van der Waals surface area (Å²) in [7, 11) is 0. The second-order valence-electron chi connectivity index (χ2n) is 4.18. The molecule has 0 fully saturated rings. The Labute approximate surface area is 106 Å². The first-order valence-corrected chi connectivity index (χ1v) is 5.88. The van der Waals surface area contributed by atoms with Gasteiger partial charge in [-0.25, -0.2) is 0 Å². The molecule has 4 heteroatoms. The first-order valence-electron chi connectivity index (χ1n) is 5.08. The number of halogens is 1. The number of ether oxygens (including phenoxy) is 1. The molecule has 0 aliphatic heterocycles. The molecule has 0 atom stereocenters. The Balaban J connectivity index is 3.67. The average Bonchev–Trinajstić information content (AvgIpc) is 2.10. The van der Waals surface area contributed by atoms with Crippen molar-refractivity contribution in [1.82, 2.24) is 0 Å². The zero-order chi connectivity index (χ0) is 12.6. The fourth-order valence-corrected chi connectivity index (χ4v) is 1.04. The highest BCUT2D eigenvalue weighted by Crippen LogP contribution is 2.05. The summed E-state index contributed by atoms with van der Waals surface area (Å²) < 4.78 is 5.88. The predicted octanol–water partition coefficient (Wildman–Crippen LogP) is 2.47. The Bertz CT molecular complexity index is 273. The van der Waals surface area contributed by atoms with Gasteiger partial charge in [-0.05, 0) is 42.3 Å². The van der Waals surface area contributed by atoms with Crippen LogP contribution in [0.4, 0.5) is 0 Å². The Morgan fingerprint density at radius 3 is 2.69 bits per heavy atom. The van der Waals surface area contributed by atoms with Crippen molar-refractivity contribution in [2.45, 2.75) is 25.9 Å². The van der Waals surface area contributed by atoms with E-state index in [1.165, 1.54) is 0 Å². The van der Waals surface area contributed by atoms with Gasteiger partial charge in [0, 0.05) is 0 Å². The molecule has 3 nitrogen and oxygen atoms in total. The molecular weight excluding hydrogens is 270 g/mol. The van der Waals surface area contributed by atoms with Gasteiger partial charge in [-0.3, -0.25) is 0 Å². The van der Waals surface area contributed by atoms with Crippen LogP contribution >= 0.6 is 15.9 Å². The third-order valence-corrected chi connectivity index (χ3v) is 1.87. The van der Waals surface area contributed by atoms with Crippen molar-refractivity contribution < 1.29 is 9.84 Å². The number of hydrogen-bond acceptors (Lipinski definition) is 3. The lowest BCUT2D eigenvalue weighted by molar-refractivity contribution is -0.0197. The van der Waals surface area contributed by atoms with Crippen LogP contribution in [0.5, 0.6) is 0 Å². The van der Waals surface area contributed by atoms with Crippen LogP contribution in [-0.2, 0) is 4.74 Å². The third-order valence-electron chi connectivity index (χ3n) is 1.61. The molecule has 0 aromatic heterocycles. The highest BCUT2D eigenvalue weighted by atomic mass is 79.9. The summed E-state index contributed by atoms with van der Waals surface area (Å²) in [6.45, 7) is 8.19. The summed E-state index contributed by atoms with van der Waals surface area (Å²) in [6, 6.07) is 0. The molecule has 0 heterocycles. The maximum Gasteiger partial charge on any atom is 0.0824 e. The van der Waals surface area contributed by atoms with Gasteiger partial charge in [0.1, 0.15) is 0 Å². The maximum atomic E-state index is 9.40. The Hall–Kier alpha value is -0.580. The molecule has 0 aromatic carbocycles. The Morgan fingerprint density at radius 2 is 2.19 bits per heavy atom. The van der Waals surface area contributed by atoms with E-state index in [1.807, 2.05) is 12.2 Å². The number of allylic oxidation sites excluding steroid dienone is 3. The Morgan fingerprint density at radius 1 is 1.56 bits per heavy atom. The van der Waals surface area contributed by atoms with E-state index in [4.69, 9.17) is 10.5 Å². The zero-order valence-corrected chi connectivity index (χ0v) is 11.5. The van der Waals surface area contributed by atoms with E-state index < -0.39 is 5.60 Å². The molecule has 0 aromatic rings. The minimum absolute atomic E-state index is 0.332. The molecule has 0 amide bonds. The molecule has 16 heavy (non-hydrogen) atoms. The lowest BCUT2D eigenvalue weighted by Gasteiger charge is -2.16. The van der Waals surface area contributed by atoms with Crippen molar-refractivity contribution >= 4 is 15.9 Å². The van der Waals surface area contributed by atoms with E-state index in [1.54, 1.807) is 19.9 Å². The number of nitrogens with two attached hydrogens (primary N) is 1. The van der Waals surface area contributed by atoms with Gasteiger partial charge >= 0.3 is 0 Å². The summed E-state index contributed by atoms with van der Waals surface area (Å²) in [5, 5.41) is 9.40. The van der Waals surface area contributed by atoms with E-state index in [0.717, 1.165) is 12.0 Å². The molecule has 0 spiro atoms. The van der Waals surface area contributed by atoms with Crippen LogP contribution in [-0.4, -0.2) is 23.9 Å². The van der Waals surface area contributed by atoms with Crippen LogP contribution in [0.3, 0.4) is 0 Å². The van der Waals surface area contributed by atoms with Crippen LogP contribution in [0.2, 0.25) is 0 Å². The van der Waals surface area contributed by atoms with Gasteiger partial charge in [-0.2, -0.15) is 0 Å². The standard InChI is InChI=1S/C12H20BrNO2/c1-10(5-4-6-11(13)14)7-8-16-9-12(2,3)15/h4-6,15H,1,7-9,14H2,2-3H3/b5-4-,11-6-. The molecular formula is C12H20BrNO2. The SMILES string of the molecule is C=C(/C=C\C=C(/N)Br)CCOCC(C)(C)O. The van der Waals surface area contributed by atoms with Crippen molar-refractivity contribution in [3.63, 3.8) is 0 Å². The molecule has 0 bridgehead atoms. The molecule has 0 rings (SSSR count). The first kappa shape index (κ1) is 15.4. The second-order valence-corrected chi connectivity index (χ2v) is 5.10. The van der Waals surface area contributed by atoms with Gasteiger partial charge in [0.2, 0.25) is 0 Å². The lowest BCUT2D eigenvalue weighted by atomic mass is 10.1. The highest BCUT2D eigenvalue weighted by molar-refractivity contribution is 9.11. The summed E-state index contributed by atoms with van der Waals surface area (Å²) in [5.74, 6) is 0. The third kappa shape index (κ3) is 11.5. The predicted molar refractivity (Wildman–Crippen MR) is 71.2 cm³/mol. The van der Waals surface area contributed by atoms with Gasteiger partial charge in [0.25, 0.3) is 0 Å². The molecule has 0 saturated heterocycles. The normalized spacial score (nSPS) is 13.4. The fourth-order valence-electron chi connectivity index (χ4n) is 0.885. The monoisotopic (exact) mass is 289 g/mol. The number of aliphatic hydroxyl groups is 1. The van der Waals surface area contributed by atoms with Gasteiger partial charge in [-0.1, -0.05) is 24.3 Å². The number of rotatable bonds is 7. The summed E-state index contributed by atoms with van der Waals surface area (Å²) in [5.41, 5.74) is 5.58. The van der Waals surface area contributed by atoms with Crippen LogP contribution in [0.25, 0.3) is 0 Å². The minimum atomic E-state index is -0.773. The molecule has 0 unspecified atom stereocenters. The van der Waals surface area contributed by atoms with Crippen LogP contribution in [0.15, 0.2) is 35.0 Å². The molecule has 0 saturated carbocycles. The molecule has 0 aliphatic carbocycles. The first-order chi connectivity index (χ1) is 7.31. The molecule has 0 aliphatic rings. The topological polar surface area (TPSA) is 55.5 Å². The smallest absolute Gasteiger partial charge is 0.0824 e. The van der Waals surface area contributed by atoms with Crippen molar-refractivity contribution in [1.29, 1.82) is 0 Å². The summed E-state index contributed by atoms with van der Waals surface area (Å²) in [4.78, 5) is 0. The zero-order valence-electron chi connectivity index (χ0n) is 9.87. The summed E-state index contributed by atoms with van der Waals surface area (Å²) in [6.07, 6.45) is 6.18. The van der Waals surface area contributed by atoms with E-state index in [2.05, 4.69) is 22.5 Å². The molecule has 92 valence electrons. The average molecular weight is 290 g/mol.